The topological polar surface area (TPSA) is 65.5 Å². The van der Waals surface area contributed by atoms with Gasteiger partial charge in [-0.05, 0) is 30.4 Å². The number of nitrogens with zero attached hydrogens (tertiary/aromatic N) is 2. The molecule has 0 fully saturated rings. The normalized spacial score (nSPS) is 16.4. The number of thiazole rings is 1. The van der Waals surface area contributed by atoms with Crippen LogP contribution in [0.2, 0.25) is 0 Å². The third-order valence-corrected chi connectivity index (χ3v) is 5.15. The van der Waals surface area contributed by atoms with E-state index in [1.54, 1.807) is 0 Å². The number of carbonyl (C=O) groups excluding carboxylic acids is 1. The van der Waals surface area contributed by atoms with E-state index >= 15 is 0 Å². The van der Waals surface area contributed by atoms with Crippen molar-refractivity contribution < 1.29 is 9.90 Å². The Balaban J connectivity index is 1.75. The first-order valence-corrected chi connectivity index (χ1v) is 9.20. The Bertz CT molecular complexity index is 701. The Labute approximate surface area is 146 Å². The maximum absolute atomic E-state index is 11.1. The summed E-state index contributed by atoms with van der Waals surface area (Å²) in [5.41, 5.74) is 3.78. The molecule has 0 radical (unpaired) electrons. The summed E-state index contributed by atoms with van der Waals surface area (Å²) in [6.45, 7) is 3.25. The number of aliphatic hydroxyl groups is 1. The summed E-state index contributed by atoms with van der Waals surface area (Å²) in [5, 5.41) is 14.6. The van der Waals surface area contributed by atoms with Gasteiger partial charge >= 0.3 is 0 Å². The minimum Gasteiger partial charge on any atom is -0.396 e. The van der Waals surface area contributed by atoms with Crippen LogP contribution in [0.1, 0.15) is 42.6 Å². The average molecular weight is 345 g/mol. The Hall–Kier alpha value is -1.76. The van der Waals surface area contributed by atoms with Crippen molar-refractivity contribution >= 4 is 22.4 Å². The fourth-order valence-corrected chi connectivity index (χ4v) is 4.08. The lowest BCUT2D eigenvalue weighted by atomic mass is 10.1. The van der Waals surface area contributed by atoms with Crippen molar-refractivity contribution in [2.75, 3.05) is 18.5 Å². The minimum absolute atomic E-state index is 0.0993. The van der Waals surface area contributed by atoms with Crippen LogP contribution in [0.4, 0.5) is 5.13 Å². The lowest BCUT2D eigenvalue weighted by Crippen LogP contribution is -2.29. The molecule has 24 heavy (non-hydrogen) atoms. The molecule has 0 aliphatic heterocycles. The molecule has 128 valence electrons. The maximum Gasteiger partial charge on any atom is 0.223 e. The standard InChI is InChI=1S/C18H23N3O2S/c1-13(23)19-18-20-15(12-24-18)11-21(9-4-10-22)17-8-7-14-5-2-3-6-16(14)17/h2-3,5-6,12,17,22H,4,7-11H2,1H3,(H,19,20,23). The van der Waals surface area contributed by atoms with Crippen molar-refractivity contribution in [2.45, 2.75) is 38.8 Å². The number of anilines is 1. The predicted octanol–water partition coefficient (Wildman–Crippen LogP) is 2.97. The van der Waals surface area contributed by atoms with Crippen LogP contribution in [0.25, 0.3) is 0 Å². The van der Waals surface area contributed by atoms with Gasteiger partial charge in [-0.2, -0.15) is 0 Å². The van der Waals surface area contributed by atoms with E-state index in [0.717, 1.165) is 38.0 Å². The van der Waals surface area contributed by atoms with Gasteiger partial charge in [0.05, 0.1) is 5.69 Å². The smallest absolute Gasteiger partial charge is 0.223 e. The second kappa shape index (κ2) is 7.88. The van der Waals surface area contributed by atoms with Crippen molar-refractivity contribution in [3.63, 3.8) is 0 Å². The summed E-state index contributed by atoms with van der Waals surface area (Å²) >= 11 is 1.45. The van der Waals surface area contributed by atoms with Crippen LogP contribution in [0.15, 0.2) is 29.6 Å². The molecule has 1 amide bonds. The Kier molecular flexibility index (Phi) is 5.60. The number of hydrogen-bond donors (Lipinski definition) is 2. The molecule has 0 spiro atoms. The van der Waals surface area contributed by atoms with E-state index in [2.05, 4.69) is 39.5 Å². The molecule has 3 rings (SSSR count). The van der Waals surface area contributed by atoms with Gasteiger partial charge in [-0.15, -0.1) is 11.3 Å². The third-order valence-electron chi connectivity index (χ3n) is 4.35. The van der Waals surface area contributed by atoms with E-state index < -0.39 is 0 Å². The van der Waals surface area contributed by atoms with Gasteiger partial charge in [-0.3, -0.25) is 9.69 Å². The Morgan fingerprint density at radius 1 is 1.46 bits per heavy atom. The number of nitrogens with one attached hydrogen (secondary N) is 1. The van der Waals surface area contributed by atoms with E-state index in [1.165, 1.54) is 29.4 Å². The average Bonchev–Trinajstić information content (AvgIpc) is 3.17. The van der Waals surface area contributed by atoms with Crippen LogP contribution in [-0.2, 0) is 17.8 Å². The summed E-state index contributed by atoms with van der Waals surface area (Å²) in [4.78, 5) is 18.1. The highest BCUT2D eigenvalue weighted by molar-refractivity contribution is 7.13. The van der Waals surface area contributed by atoms with Crippen molar-refractivity contribution in [3.8, 4) is 0 Å². The van der Waals surface area contributed by atoms with Crippen LogP contribution in [0.3, 0.4) is 0 Å². The molecule has 0 saturated heterocycles. The molecule has 2 N–H and O–H groups in total. The third kappa shape index (κ3) is 4.01. The van der Waals surface area contributed by atoms with Crippen molar-refractivity contribution in [3.05, 3.63) is 46.5 Å². The number of hydrogen-bond acceptors (Lipinski definition) is 5. The van der Waals surface area contributed by atoms with E-state index in [-0.39, 0.29) is 12.5 Å². The molecule has 1 atom stereocenters. The highest BCUT2D eigenvalue weighted by atomic mass is 32.1. The summed E-state index contributed by atoms with van der Waals surface area (Å²) < 4.78 is 0. The molecular weight excluding hydrogens is 322 g/mol. The molecule has 1 heterocycles. The van der Waals surface area contributed by atoms with Crippen LogP contribution >= 0.6 is 11.3 Å². The van der Waals surface area contributed by atoms with Crippen molar-refractivity contribution in [1.82, 2.24) is 9.88 Å². The lowest BCUT2D eigenvalue weighted by Gasteiger charge is -2.29. The molecule has 1 aliphatic carbocycles. The number of aryl methyl sites for hydroxylation is 1. The molecule has 0 bridgehead atoms. The number of rotatable bonds is 7. The second-order valence-electron chi connectivity index (χ2n) is 6.13. The fourth-order valence-electron chi connectivity index (χ4n) is 3.33. The first kappa shape index (κ1) is 17.1. The first-order valence-electron chi connectivity index (χ1n) is 8.32. The largest absolute Gasteiger partial charge is 0.396 e. The number of amides is 1. The lowest BCUT2D eigenvalue weighted by molar-refractivity contribution is -0.114. The van der Waals surface area contributed by atoms with Gasteiger partial charge in [0.2, 0.25) is 5.91 Å². The van der Waals surface area contributed by atoms with Gasteiger partial charge in [0.1, 0.15) is 0 Å². The van der Waals surface area contributed by atoms with E-state index in [1.807, 2.05) is 5.38 Å². The predicted molar refractivity (Wildman–Crippen MR) is 96.0 cm³/mol. The number of aromatic nitrogens is 1. The van der Waals surface area contributed by atoms with Crippen LogP contribution < -0.4 is 5.32 Å². The number of fused-ring (bicyclic) bond motifs is 1. The number of benzene rings is 1. The summed E-state index contributed by atoms with van der Waals surface area (Å²) in [6.07, 6.45) is 2.96. The van der Waals surface area contributed by atoms with Crippen LogP contribution in [0, 0.1) is 0 Å². The highest BCUT2D eigenvalue weighted by Gasteiger charge is 2.27. The summed E-state index contributed by atoms with van der Waals surface area (Å²) in [5.74, 6) is -0.0993. The van der Waals surface area contributed by atoms with Gasteiger partial charge in [-0.25, -0.2) is 4.98 Å². The molecule has 1 aromatic heterocycles. The molecule has 0 saturated carbocycles. The van der Waals surface area contributed by atoms with Gasteiger partial charge < -0.3 is 10.4 Å². The zero-order valence-electron chi connectivity index (χ0n) is 13.9. The monoisotopic (exact) mass is 345 g/mol. The maximum atomic E-state index is 11.1. The molecule has 1 unspecified atom stereocenters. The van der Waals surface area contributed by atoms with Gasteiger partial charge in [0.15, 0.2) is 5.13 Å². The van der Waals surface area contributed by atoms with E-state index in [4.69, 9.17) is 0 Å². The number of carbonyl (C=O) groups is 1. The SMILES string of the molecule is CC(=O)Nc1nc(CN(CCCO)C2CCc3ccccc32)cs1. The van der Waals surface area contributed by atoms with E-state index in [0.29, 0.717) is 11.2 Å². The van der Waals surface area contributed by atoms with Gasteiger partial charge in [0.25, 0.3) is 0 Å². The molecule has 6 heteroatoms. The first-order chi connectivity index (χ1) is 11.7. The Morgan fingerprint density at radius 3 is 3.08 bits per heavy atom. The summed E-state index contributed by atoms with van der Waals surface area (Å²) in [6, 6.07) is 8.98. The van der Waals surface area contributed by atoms with Crippen LogP contribution in [-0.4, -0.2) is 34.0 Å². The van der Waals surface area contributed by atoms with Gasteiger partial charge in [0, 0.05) is 38.0 Å². The zero-order valence-corrected chi connectivity index (χ0v) is 14.7. The minimum atomic E-state index is -0.0993. The summed E-state index contributed by atoms with van der Waals surface area (Å²) in [7, 11) is 0. The molecule has 1 aliphatic rings. The molecular formula is C18H23N3O2S. The quantitative estimate of drug-likeness (QED) is 0.810. The Morgan fingerprint density at radius 2 is 2.29 bits per heavy atom. The van der Waals surface area contributed by atoms with Crippen LogP contribution in [0.5, 0.6) is 0 Å². The van der Waals surface area contributed by atoms with Gasteiger partial charge in [-0.1, -0.05) is 24.3 Å². The van der Waals surface area contributed by atoms with Crippen molar-refractivity contribution in [1.29, 1.82) is 0 Å². The molecule has 2 aromatic rings. The highest BCUT2D eigenvalue weighted by Crippen LogP contribution is 2.36. The number of aliphatic hydroxyl groups excluding tert-OH is 1. The molecule has 5 nitrogen and oxygen atoms in total. The fraction of sp³-hybridized carbons (Fsp3) is 0.444. The zero-order chi connectivity index (χ0) is 16.9. The second-order valence-corrected chi connectivity index (χ2v) is 6.98. The molecule has 1 aromatic carbocycles. The van der Waals surface area contributed by atoms with E-state index in [9.17, 15) is 9.90 Å². The van der Waals surface area contributed by atoms with Crippen molar-refractivity contribution in [2.24, 2.45) is 0 Å².